The number of nitrogens with zero attached hydrogens (tertiary/aromatic N) is 2. The van der Waals surface area contributed by atoms with Crippen molar-refractivity contribution in [3.63, 3.8) is 0 Å². The summed E-state index contributed by atoms with van der Waals surface area (Å²) in [6.07, 6.45) is -0.512. The molecule has 0 radical (unpaired) electrons. The van der Waals surface area contributed by atoms with Gasteiger partial charge in [-0.05, 0) is 26.1 Å². The summed E-state index contributed by atoms with van der Waals surface area (Å²) in [5.41, 5.74) is 4.71. The number of amides is 1. The number of rotatable bonds is 12. The van der Waals surface area contributed by atoms with Crippen LogP contribution in [0.5, 0.6) is 0 Å². The van der Waals surface area contributed by atoms with E-state index >= 15 is 0 Å². The van der Waals surface area contributed by atoms with Crippen LogP contribution in [0.15, 0.2) is 48.5 Å². The van der Waals surface area contributed by atoms with Crippen molar-refractivity contribution in [3.8, 4) is 0 Å². The van der Waals surface area contributed by atoms with Crippen molar-refractivity contribution in [2.24, 2.45) is 0 Å². The summed E-state index contributed by atoms with van der Waals surface area (Å²) < 4.78 is 40.8. The van der Waals surface area contributed by atoms with Crippen molar-refractivity contribution in [1.29, 1.82) is 0 Å². The normalized spacial score (nSPS) is 25.3. The van der Waals surface area contributed by atoms with E-state index in [0.29, 0.717) is 51.6 Å². The van der Waals surface area contributed by atoms with Gasteiger partial charge in [0.2, 0.25) is 0 Å². The molecule has 3 aliphatic heterocycles. The van der Waals surface area contributed by atoms with E-state index in [0.717, 1.165) is 49.2 Å². The lowest BCUT2D eigenvalue weighted by molar-refractivity contribution is -0.256. The summed E-state index contributed by atoms with van der Waals surface area (Å²) in [5, 5.41) is 10.7. The van der Waals surface area contributed by atoms with Crippen LogP contribution in [0.25, 0.3) is 43.6 Å². The number of ether oxygens (including phenoxy) is 6. The van der Waals surface area contributed by atoms with Crippen LogP contribution in [-0.2, 0) is 34.1 Å². The highest BCUT2D eigenvalue weighted by Crippen LogP contribution is 2.54. The van der Waals surface area contributed by atoms with Gasteiger partial charge < -0.3 is 48.2 Å². The predicted octanol–water partition coefficient (Wildman–Crippen LogP) is 4.55. The second kappa shape index (κ2) is 11.6. The van der Waals surface area contributed by atoms with Crippen molar-refractivity contribution in [2.45, 2.75) is 43.7 Å². The van der Waals surface area contributed by atoms with E-state index in [4.69, 9.17) is 28.4 Å². The number of aromatic nitrogens is 2. The van der Waals surface area contributed by atoms with Crippen molar-refractivity contribution in [2.75, 3.05) is 60.9 Å². The number of carbonyl (C=O) groups is 1. The smallest absolute Gasteiger partial charge is 0.254 e. The monoisotopic (exact) mass is 628 g/mol. The lowest BCUT2D eigenvalue weighted by Gasteiger charge is -2.48. The Kier molecular flexibility index (Phi) is 7.52. The lowest BCUT2D eigenvalue weighted by atomic mass is 9.93. The molecule has 2 aromatic heterocycles. The summed E-state index contributed by atoms with van der Waals surface area (Å²) in [6.45, 7) is 4.82. The molecular weight excluding hydrogens is 588 g/mol. The topological polar surface area (TPSA) is 106 Å². The number of hydrogen-bond donors (Lipinski definition) is 2. The lowest BCUT2D eigenvalue weighted by Crippen LogP contribution is -2.59. The van der Waals surface area contributed by atoms with Gasteiger partial charge in [0, 0.05) is 53.8 Å². The minimum Gasteiger partial charge on any atom is -0.382 e. The largest absolute Gasteiger partial charge is 0.382 e. The van der Waals surface area contributed by atoms with E-state index in [1.807, 2.05) is 25.2 Å². The number of carbonyl (C=O) groups excluding carboxylic acids is 1. The zero-order valence-electron chi connectivity index (χ0n) is 26.6. The van der Waals surface area contributed by atoms with E-state index in [9.17, 15) is 4.79 Å². The van der Waals surface area contributed by atoms with Crippen LogP contribution in [0, 0.1) is 0 Å². The number of methoxy groups -OCH3 is 2. The van der Waals surface area contributed by atoms with Crippen molar-refractivity contribution in [1.82, 2.24) is 19.8 Å². The van der Waals surface area contributed by atoms with E-state index in [-0.39, 0.29) is 24.3 Å². The first-order valence-electron chi connectivity index (χ1n) is 16.0. The minimum absolute atomic E-state index is 0.0205. The standard InChI is InChI=1S/C35H40N4O7/c1-35-32(42-4)22(36-2)19-25(46-35)38-23-11-7-5-9-20(23)26-28-29(27-21-10-6-8-12-24(21)39(35)31(27)30(26)38)34(37-33(28)40)45-18-17-44-16-15-43-14-13-41-3/h5-12,22,25,32,34,36H,13-19H2,1-4H3,(H,37,40). The minimum atomic E-state index is -0.862. The highest BCUT2D eigenvalue weighted by Gasteiger charge is 2.53. The molecule has 3 aromatic carbocycles. The predicted molar refractivity (Wildman–Crippen MR) is 174 cm³/mol. The van der Waals surface area contributed by atoms with E-state index in [1.54, 1.807) is 14.2 Å². The van der Waals surface area contributed by atoms with E-state index in [2.05, 4.69) is 57.0 Å². The molecule has 11 heteroatoms. The maximum Gasteiger partial charge on any atom is 0.254 e. The van der Waals surface area contributed by atoms with Gasteiger partial charge in [0.25, 0.3) is 5.91 Å². The van der Waals surface area contributed by atoms with Gasteiger partial charge in [-0.1, -0.05) is 36.4 Å². The molecule has 2 bridgehead atoms. The van der Waals surface area contributed by atoms with Gasteiger partial charge in [0.05, 0.1) is 67.3 Å². The zero-order chi connectivity index (χ0) is 31.6. The summed E-state index contributed by atoms with van der Waals surface area (Å²) in [5.74, 6) is -0.142. The van der Waals surface area contributed by atoms with Crippen LogP contribution >= 0.6 is 0 Å². The third-order valence-corrected chi connectivity index (χ3v) is 9.95. The molecule has 1 fully saturated rings. The van der Waals surface area contributed by atoms with Gasteiger partial charge in [-0.25, -0.2) is 0 Å². The Bertz CT molecular complexity index is 1970. The van der Waals surface area contributed by atoms with Gasteiger partial charge in [-0.15, -0.1) is 0 Å². The van der Waals surface area contributed by atoms with Gasteiger partial charge in [-0.2, -0.15) is 0 Å². The molecule has 2 N–H and O–H groups in total. The highest BCUT2D eigenvalue weighted by atomic mass is 16.6. The first-order chi connectivity index (χ1) is 22.5. The van der Waals surface area contributed by atoms with E-state index in [1.165, 1.54) is 0 Å². The average molecular weight is 629 g/mol. The van der Waals surface area contributed by atoms with Crippen molar-refractivity contribution >= 4 is 49.5 Å². The number of likely N-dealkylation sites (N-methyl/N-ethyl adjacent to an activating group) is 1. The molecule has 1 amide bonds. The Morgan fingerprint density at radius 2 is 1.59 bits per heavy atom. The Balaban J connectivity index is 1.33. The molecule has 242 valence electrons. The summed E-state index contributed by atoms with van der Waals surface area (Å²) in [7, 11) is 5.39. The van der Waals surface area contributed by atoms with Crippen LogP contribution in [0.2, 0.25) is 0 Å². The second-order valence-corrected chi connectivity index (χ2v) is 12.3. The average Bonchev–Trinajstić information content (AvgIpc) is 3.69. The third kappa shape index (κ3) is 4.20. The van der Waals surface area contributed by atoms with Crippen LogP contribution in [-0.4, -0.2) is 88.1 Å². The molecule has 11 nitrogen and oxygen atoms in total. The quantitative estimate of drug-likeness (QED) is 0.194. The van der Waals surface area contributed by atoms with Gasteiger partial charge in [-0.3, -0.25) is 4.79 Å². The Morgan fingerprint density at radius 3 is 2.30 bits per heavy atom. The molecule has 8 rings (SSSR count). The maximum absolute atomic E-state index is 14.1. The Hall–Kier alpha value is -3.55. The van der Waals surface area contributed by atoms with Crippen molar-refractivity contribution in [3.05, 3.63) is 59.7 Å². The third-order valence-electron chi connectivity index (χ3n) is 9.95. The van der Waals surface area contributed by atoms with Crippen molar-refractivity contribution < 1.29 is 33.2 Å². The zero-order valence-corrected chi connectivity index (χ0v) is 26.6. The summed E-state index contributed by atoms with van der Waals surface area (Å²) in [6, 6.07) is 16.7. The number of para-hydroxylation sites is 2. The van der Waals surface area contributed by atoms with Crippen LogP contribution < -0.4 is 10.6 Å². The number of benzene rings is 3. The van der Waals surface area contributed by atoms with Gasteiger partial charge >= 0.3 is 0 Å². The highest BCUT2D eigenvalue weighted by molar-refractivity contribution is 6.31. The fourth-order valence-electron chi connectivity index (χ4n) is 8.18. The molecule has 0 aliphatic carbocycles. The molecule has 5 atom stereocenters. The van der Waals surface area contributed by atoms with Gasteiger partial charge in [0.1, 0.15) is 12.3 Å². The molecule has 0 spiro atoms. The number of hydrogen-bond acceptors (Lipinski definition) is 8. The summed E-state index contributed by atoms with van der Waals surface area (Å²) in [4.78, 5) is 14.1. The second-order valence-electron chi connectivity index (χ2n) is 12.3. The first kappa shape index (κ1) is 29.8. The van der Waals surface area contributed by atoms with Crippen LogP contribution in [0.1, 0.15) is 41.7 Å². The van der Waals surface area contributed by atoms with Gasteiger partial charge in [0.15, 0.2) is 12.0 Å². The molecule has 3 aliphatic rings. The van der Waals surface area contributed by atoms with Crippen LogP contribution in [0.3, 0.4) is 0 Å². The molecule has 46 heavy (non-hydrogen) atoms. The molecule has 0 saturated carbocycles. The van der Waals surface area contributed by atoms with Crippen LogP contribution in [0.4, 0.5) is 0 Å². The number of nitrogens with one attached hydrogen (secondary N) is 2. The van der Waals surface area contributed by atoms with E-state index < -0.39 is 12.0 Å². The fourth-order valence-corrected chi connectivity index (χ4v) is 8.18. The molecule has 5 aromatic rings. The SMILES string of the molecule is CNC1CC2OC(C)(C1OC)n1c3ccccc3c3c4c(c5c6ccccc6n2c5c31)C(=O)NC4OCCOCCOCCOC. The summed E-state index contributed by atoms with van der Waals surface area (Å²) >= 11 is 0. The Morgan fingerprint density at radius 1 is 0.913 bits per heavy atom. The fraction of sp³-hybridized carbons (Fsp3) is 0.457. The Labute approximate surface area is 266 Å². The molecule has 5 heterocycles. The number of fused-ring (bicyclic) bond motifs is 13. The molecular formula is C35H40N4O7. The molecule has 5 unspecified atom stereocenters. The first-order valence-corrected chi connectivity index (χ1v) is 16.0. The molecule has 1 saturated heterocycles. The maximum atomic E-state index is 14.1.